The van der Waals surface area contributed by atoms with Gasteiger partial charge in [-0.1, -0.05) is 0 Å². The quantitative estimate of drug-likeness (QED) is 0.671. The summed E-state index contributed by atoms with van der Waals surface area (Å²) in [6.45, 7) is -4.08. The molecule has 0 spiro atoms. The standard InChI is InChI=1S/C3H2F6O2/c4-1(5)11-3(8,9)2(6,7)10/h1,10H. The van der Waals surface area contributed by atoms with Crippen LogP contribution in [0.1, 0.15) is 0 Å². The molecule has 0 aliphatic carbocycles. The number of ether oxygens (including phenoxy) is 1. The van der Waals surface area contributed by atoms with Crippen molar-refractivity contribution in [2.75, 3.05) is 0 Å². The normalized spacial score (nSPS) is 14.2. The van der Waals surface area contributed by atoms with Crippen LogP contribution in [-0.4, -0.2) is 23.9 Å². The van der Waals surface area contributed by atoms with E-state index < -0.39 is 18.8 Å². The zero-order valence-electron chi connectivity index (χ0n) is 4.70. The average Bonchev–Trinajstić information content (AvgIpc) is 1.56. The van der Waals surface area contributed by atoms with Crippen molar-refractivity contribution in [1.29, 1.82) is 0 Å². The zero-order chi connectivity index (χ0) is 9.28. The van der Waals surface area contributed by atoms with Crippen molar-refractivity contribution in [3.05, 3.63) is 0 Å². The molecule has 0 radical (unpaired) electrons. The van der Waals surface area contributed by atoms with Crippen LogP contribution in [0.15, 0.2) is 0 Å². The fourth-order valence-electron chi connectivity index (χ4n) is 0.183. The van der Waals surface area contributed by atoms with E-state index in [2.05, 4.69) is 4.74 Å². The molecule has 0 aliphatic heterocycles. The molecule has 0 heterocycles. The van der Waals surface area contributed by atoms with Gasteiger partial charge in [-0.05, 0) is 0 Å². The Bertz CT molecular complexity index is 128. The van der Waals surface area contributed by atoms with Gasteiger partial charge in [0.1, 0.15) is 0 Å². The lowest BCUT2D eigenvalue weighted by Crippen LogP contribution is -2.43. The maximum atomic E-state index is 11.5. The zero-order valence-corrected chi connectivity index (χ0v) is 4.70. The predicted molar refractivity (Wildman–Crippen MR) is 19.2 cm³/mol. The van der Waals surface area contributed by atoms with Gasteiger partial charge in [0.15, 0.2) is 0 Å². The SMILES string of the molecule is OC(F)(F)C(F)(F)OC(F)F. The summed E-state index contributed by atoms with van der Waals surface area (Å²) in [5.41, 5.74) is 0. The molecule has 0 fully saturated rings. The highest BCUT2D eigenvalue weighted by Gasteiger charge is 2.59. The van der Waals surface area contributed by atoms with E-state index in [0.717, 1.165) is 0 Å². The monoisotopic (exact) mass is 184 g/mol. The predicted octanol–water partition coefficient (Wildman–Crippen LogP) is 1.40. The van der Waals surface area contributed by atoms with Crippen molar-refractivity contribution in [1.82, 2.24) is 0 Å². The topological polar surface area (TPSA) is 29.5 Å². The molecule has 0 rings (SSSR count). The molecule has 0 aliphatic rings. The van der Waals surface area contributed by atoms with Gasteiger partial charge in [-0.3, -0.25) is 4.74 Å². The summed E-state index contributed by atoms with van der Waals surface area (Å²) in [6.07, 6.45) is -11.2. The lowest BCUT2D eigenvalue weighted by molar-refractivity contribution is -0.448. The van der Waals surface area contributed by atoms with Gasteiger partial charge in [-0.25, -0.2) is 0 Å². The van der Waals surface area contributed by atoms with Crippen molar-refractivity contribution < 1.29 is 36.2 Å². The Kier molecular flexibility index (Phi) is 2.73. The largest absolute Gasteiger partial charge is 0.452 e. The number of hydrogen-bond donors (Lipinski definition) is 1. The third-order valence-electron chi connectivity index (χ3n) is 0.587. The highest BCUT2D eigenvalue weighted by molar-refractivity contribution is 4.62. The van der Waals surface area contributed by atoms with E-state index in [1.54, 1.807) is 0 Å². The third-order valence-corrected chi connectivity index (χ3v) is 0.587. The Hall–Kier alpha value is -0.500. The summed E-state index contributed by atoms with van der Waals surface area (Å²) in [5.74, 6) is 0. The van der Waals surface area contributed by atoms with Gasteiger partial charge < -0.3 is 5.11 Å². The second-order valence-corrected chi connectivity index (χ2v) is 1.44. The lowest BCUT2D eigenvalue weighted by atomic mass is 10.6. The molecule has 0 unspecified atom stereocenters. The minimum atomic E-state index is -5.61. The van der Waals surface area contributed by atoms with E-state index in [1.807, 2.05) is 0 Å². The first-order chi connectivity index (χ1) is 4.67. The minimum Gasteiger partial charge on any atom is -0.329 e. The van der Waals surface area contributed by atoms with E-state index >= 15 is 0 Å². The average molecular weight is 184 g/mol. The van der Waals surface area contributed by atoms with Gasteiger partial charge in [0.25, 0.3) is 0 Å². The van der Waals surface area contributed by atoms with Crippen LogP contribution in [0.5, 0.6) is 0 Å². The van der Waals surface area contributed by atoms with Crippen molar-refractivity contribution in [3.8, 4) is 0 Å². The number of halogens is 6. The molecule has 0 amide bonds. The maximum absolute atomic E-state index is 11.5. The molecular weight excluding hydrogens is 182 g/mol. The van der Waals surface area contributed by atoms with Gasteiger partial charge in [-0.2, -0.15) is 26.3 Å². The fourth-order valence-corrected chi connectivity index (χ4v) is 0.183. The van der Waals surface area contributed by atoms with E-state index in [1.165, 1.54) is 0 Å². The molecule has 1 N–H and O–H groups in total. The van der Waals surface area contributed by atoms with E-state index in [0.29, 0.717) is 0 Å². The molecule has 0 atom stereocenters. The summed E-state index contributed by atoms with van der Waals surface area (Å²) in [7, 11) is 0. The van der Waals surface area contributed by atoms with Crippen LogP contribution < -0.4 is 0 Å². The molecule has 0 aromatic rings. The molecule has 0 saturated carbocycles. The molecular formula is C3H2F6O2. The van der Waals surface area contributed by atoms with Gasteiger partial charge in [-0.15, -0.1) is 0 Å². The summed E-state index contributed by atoms with van der Waals surface area (Å²) in [4.78, 5) is 0. The summed E-state index contributed by atoms with van der Waals surface area (Å²) < 4.78 is 69.3. The van der Waals surface area contributed by atoms with Crippen molar-refractivity contribution in [2.24, 2.45) is 0 Å². The molecule has 0 aromatic heterocycles. The Morgan fingerprint density at radius 2 is 1.45 bits per heavy atom. The summed E-state index contributed by atoms with van der Waals surface area (Å²) >= 11 is 0. The third kappa shape index (κ3) is 2.93. The van der Waals surface area contributed by atoms with Crippen LogP contribution in [0.2, 0.25) is 0 Å². The van der Waals surface area contributed by atoms with Crippen LogP contribution >= 0.6 is 0 Å². The minimum absolute atomic E-state index is 2.14. The Labute approximate surface area is 56.4 Å². The van der Waals surface area contributed by atoms with Crippen LogP contribution in [0.4, 0.5) is 26.3 Å². The van der Waals surface area contributed by atoms with Gasteiger partial charge in [0, 0.05) is 0 Å². The number of alkyl halides is 6. The lowest BCUT2D eigenvalue weighted by Gasteiger charge is -2.19. The van der Waals surface area contributed by atoms with Crippen LogP contribution in [0.3, 0.4) is 0 Å². The first-order valence-corrected chi connectivity index (χ1v) is 2.11. The van der Waals surface area contributed by atoms with E-state index in [9.17, 15) is 26.3 Å². The van der Waals surface area contributed by atoms with Crippen LogP contribution in [0.25, 0.3) is 0 Å². The molecule has 0 saturated heterocycles. The van der Waals surface area contributed by atoms with Crippen LogP contribution in [-0.2, 0) is 4.74 Å². The first-order valence-electron chi connectivity index (χ1n) is 2.11. The smallest absolute Gasteiger partial charge is 0.329 e. The van der Waals surface area contributed by atoms with Crippen molar-refractivity contribution >= 4 is 0 Å². The van der Waals surface area contributed by atoms with Crippen molar-refractivity contribution in [3.63, 3.8) is 0 Å². The number of rotatable bonds is 3. The molecule has 68 valence electrons. The van der Waals surface area contributed by atoms with Gasteiger partial charge in [0.2, 0.25) is 0 Å². The summed E-state index contributed by atoms with van der Waals surface area (Å²) in [6, 6.07) is 0. The number of hydrogen-bond acceptors (Lipinski definition) is 2. The van der Waals surface area contributed by atoms with E-state index in [4.69, 9.17) is 5.11 Å². The van der Waals surface area contributed by atoms with Gasteiger partial charge in [0.05, 0.1) is 0 Å². The van der Waals surface area contributed by atoms with Crippen LogP contribution in [0, 0.1) is 0 Å². The highest BCUT2D eigenvalue weighted by Crippen LogP contribution is 2.33. The molecule has 8 heteroatoms. The first kappa shape index (κ1) is 10.5. The second kappa shape index (κ2) is 2.86. The number of aliphatic hydroxyl groups is 1. The molecule has 11 heavy (non-hydrogen) atoms. The summed E-state index contributed by atoms with van der Waals surface area (Å²) in [5, 5.41) is 7.25. The van der Waals surface area contributed by atoms with Crippen molar-refractivity contribution in [2.45, 2.75) is 18.8 Å². The molecule has 2 nitrogen and oxygen atoms in total. The maximum Gasteiger partial charge on any atom is 0.452 e. The molecule has 0 bridgehead atoms. The van der Waals surface area contributed by atoms with Gasteiger partial charge >= 0.3 is 18.8 Å². The fraction of sp³-hybridized carbons (Fsp3) is 1.00. The molecule has 0 aromatic carbocycles. The Balaban J connectivity index is 4.22. The second-order valence-electron chi connectivity index (χ2n) is 1.44. The highest BCUT2D eigenvalue weighted by atomic mass is 19.3. The Morgan fingerprint density at radius 1 is 1.09 bits per heavy atom. The van der Waals surface area contributed by atoms with E-state index in [-0.39, 0.29) is 0 Å². The Morgan fingerprint density at radius 3 is 1.55 bits per heavy atom.